The zero-order valence-electron chi connectivity index (χ0n) is 13.9. The molecule has 0 amide bonds. The number of para-hydroxylation sites is 1. The molecular formula is C18H29NO2. The lowest BCUT2D eigenvalue weighted by molar-refractivity contribution is 0.125. The molecule has 1 unspecified atom stereocenters. The highest BCUT2D eigenvalue weighted by Gasteiger charge is 2.32. The van der Waals surface area contributed by atoms with Crippen molar-refractivity contribution in [2.24, 2.45) is 0 Å². The number of benzene rings is 1. The third-order valence-corrected chi connectivity index (χ3v) is 3.77. The van der Waals surface area contributed by atoms with Crippen molar-refractivity contribution in [3.63, 3.8) is 0 Å². The second-order valence-corrected chi connectivity index (χ2v) is 6.60. The maximum atomic E-state index is 6.10. The molecule has 1 atom stereocenters. The normalized spacial score (nSPS) is 17.1. The Hall–Kier alpha value is -1.22. The van der Waals surface area contributed by atoms with E-state index in [2.05, 4.69) is 45.1 Å². The Labute approximate surface area is 129 Å². The summed E-state index contributed by atoms with van der Waals surface area (Å²) >= 11 is 0. The molecule has 0 spiro atoms. The molecule has 0 fully saturated rings. The van der Waals surface area contributed by atoms with Gasteiger partial charge in [0.2, 0.25) is 0 Å². The predicted octanol–water partition coefficient (Wildman–Crippen LogP) is 3.95. The van der Waals surface area contributed by atoms with E-state index in [1.165, 1.54) is 12.0 Å². The summed E-state index contributed by atoms with van der Waals surface area (Å²) in [4.78, 5) is 0. The molecule has 1 aromatic rings. The SMILES string of the molecule is CCCNCCCC(C)Oc1cccc2c1OC(C)(C)C2. The zero-order valence-corrected chi connectivity index (χ0v) is 13.9. The van der Waals surface area contributed by atoms with E-state index >= 15 is 0 Å². The highest BCUT2D eigenvalue weighted by atomic mass is 16.5. The molecule has 118 valence electrons. The summed E-state index contributed by atoms with van der Waals surface area (Å²) in [5.41, 5.74) is 1.14. The Morgan fingerprint density at radius 1 is 1.33 bits per heavy atom. The fraction of sp³-hybridized carbons (Fsp3) is 0.667. The molecule has 0 bridgehead atoms. The van der Waals surface area contributed by atoms with Gasteiger partial charge in [0.1, 0.15) is 5.60 Å². The second-order valence-electron chi connectivity index (χ2n) is 6.60. The maximum absolute atomic E-state index is 6.10. The summed E-state index contributed by atoms with van der Waals surface area (Å²) in [6.45, 7) is 10.7. The van der Waals surface area contributed by atoms with Crippen LogP contribution in [0.2, 0.25) is 0 Å². The molecule has 0 saturated heterocycles. The third kappa shape index (κ3) is 4.63. The molecule has 1 N–H and O–H groups in total. The van der Waals surface area contributed by atoms with Gasteiger partial charge in [0.05, 0.1) is 6.10 Å². The van der Waals surface area contributed by atoms with Gasteiger partial charge in [-0.2, -0.15) is 0 Å². The average molecular weight is 291 g/mol. The first-order chi connectivity index (χ1) is 10.0. The second kappa shape index (κ2) is 7.17. The van der Waals surface area contributed by atoms with Crippen LogP contribution >= 0.6 is 0 Å². The topological polar surface area (TPSA) is 30.5 Å². The van der Waals surface area contributed by atoms with Crippen molar-refractivity contribution in [2.45, 2.75) is 65.1 Å². The quantitative estimate of drug-likeness (QED) is 0.736. The van der Waals surface area contributed by atoms with E-state index in [0.717, 1.165) is 43.9 Å². The Balaban J connectivity index is 1.85. The third-order valence-electron chi connectivity index (χ3n) is 3.77. The average Bonchev–Trinajstić information content (AvgIpc) is 2.74. The number of hydrogen-bond donors (Lipinski definition) is 1. The number of ether oxygens (including phenoxy) is 2. The van der Waals surface area contributed by atoms with Crippen LogP contribution in [0, 0.1) is 0 Å². The lowest BCUT2D eigenvalue weighted by Gasteiger charge is -2.20. The minimum absolute atomic E-state index is 0.116. The van der Waals surface area contributed by atoms with Crippen LogP contribution in [0.15, 0.2) is 18.2 Å². The smallest absolute Gasteiger partial charge is 0.165 e. The maximum Gasteiger partial charge on any atom is 0.165 e. The van der Waals surface area contributed by atoms with Gasteiger partial charge in [-0.05, 0) is 59.2 Å². The van der Waals surface area contributed by atoms with Crippen LogP contribution in [0.4, 0.5) is 0 Å². The summed E-state index contributed by atoms with van der Waals surface area (Å²) in [5.74, 6) is 1.84. The molecule has 3 heteroatoms. The standard InChI is InChI=1S/C18H29NO2/c1-5-11-19-12-7-8-14(2)20-16-10-6-9-15-13-18(3,4)21-17(15)16/h6,9-10,14,19H,5,7-8,11-13H2,1-4H3. The number of hydrogen-bond acceptors (Lipinski definition) is 3. The Morgan fingerprint density at radius 2 is 2.14 bits per heavy atom. The lowest BCUT2D eigenvalue weighted by Crippen LogP contribution is -2.25. The van der Waals surface area contributed by atoms with Crippen molar-refractivity contribution in [2.75, 3.05) is 13.1 Å². The van der Waals surface area contributed by atoms with E-state index in [1.807, 2.05) is 6.07 Å². The molecule has 0 saturated carbocycles. The Kier molecular flexibility index (Phi) is 5.51. The van der Waals surface area contributed by atoms with Crippen LogP contribution in [0.5, 0.6) is 11.5 Å². The van der Waals surface area contributed by atoms with Crippen LogP contribution in [-0.2, 0) is 6.42 Å². The number of fused-ring (bicyclic) bond motifs is 1. The highest BCUT2D eigenvalue weighted by molar-refractivity contribution is 5.50. The van der Waals surface area contributed by atoms with E-state index in [0.29, 0.717) is 0 Å². The van der Waals surface area contributed by atoms with Gasteiger partial charge in [-0.3, -0.25) is 0 Å². The summed E-state index contributed by atoms with van der Waals surface area (Å²) < 4.78 is 12.2. The van der Waals surface area contributed by atoms with E-state index in [-0.39, 0.29) is 11.7 Å². The zero-order chi connectivity index (χ0) is 15.3. The summed E-state index contributed by atoms with van der Waals surface area (Å²) in [5, 5.41) is 3.43. The molecule has 2 rings (SSSR count). The molecule has 0 aliphatic carbocycles. The molecule has 1 aromatic carbocycles. The van der Waals surface area contributed by atoms with Crippen molar-refractivity contribution in [1.82, 2.24) is 5.32 Å². The monoisotopic (exact) mass is 291 g/mol. The van der Waals surface area contributed by atoms with Crippen molar-refractivity contribution in [3.8, 4) is 11.5 Å². The van der Waals surface area contributed by atoms with Crippen molar-refractivity contribution < 1.29 is 9.47 Å². The highest BCUT2D eigenvalue weighted by Crippen LogP contribution is 2.42. The van der Waals surface area contributed by atoms with Gasteiger partial charge in [-0.1, -0.05) is 19.1 Å². The van der Waals surface area contributed by atoms with Crippen LogP contribution in [-0.4, -0.2) is 24.8 Å². The van der Waals surface area contributed by atoms with Gasteiger partial charge < -0.3 is 14.8 Å². The van der Waals surface area contributed by atoms with Crippen LogP contribution in [0.25, 0.3) is 0 Å². The molecule has 1 aliphatic rings. The number of nitrogens with one attached hydrogen (secondary N) is 1. The van der Waals surface area contributed by atoms with Gasteiger partial charge in [-0.25, -0.2) is 0 Å². The van der Waals surface area contributed by atoms with Crippen LogP contribution in [0.3, 0.4) is 0 Å². The minimum Gasteiger partial charge on any atom is -0.487 e. The summed E-state index contributed by atoms with van der Waals surface area (Å²) in [7, 11) is 0. The first-order valence-electron chi connectivity index (χ1n) is 8.20. The van der Waals surface area contributed by atoms with Gasteiger partial charge in [0.15, 0.2) is 11.5 Å². The largest absolute Gasteiger partial charge is 0.487 e. The van der Waals surface area contributed by atoms with E-state index < -0.39 is 0 Å². The van der Waals surface area contributed by atoms with Crippen molar-refractivity contribution in [1.29, 1.82) is 0 Å². The van der Waals surface area contributed by atoms with E-state index in [9.17, 15) is 0 Å². The minimum atomic E-state index is -0.116. The van der Waals surface area contributed by atoms with E-state index in [4.69, 9.17) is 9.47 Å². The van der Waals surface area contributed by atoms with Gasteiger partial charge in [-0.15, -0.1) is 0 Å². The van der Waals surface area contributed by atoms with Gasteiger partial charge >= 0.3 is 0 Å². The molecular weight excluding hydrogens is 262 g/mol. The Morgan fingerprint density at radius 3 is 2.90 bits per heavy atom. The molecule has 1 heterocycles. The lowest BCUT2D eigenvalue weighted by atomic mass is 10.0. The molecule has 1 aliphatic heterocycles. The molecule has 0 aromatic heterocycles. The first kappa shape index (κ1) is 16.2. The summed E-state index contributed by atoms with van der Waals surface area (Å²) in [6, 6.07) is 6.22. The first-order valence-corrected chi connectivity index (χ1v) is 8.20. The molecule has 21 heavy (non-hydrogen) atoms. The van der Waals surface area contributed by atoms with E-state index in [1.54, 1.807) is 0 Å². The summed E-state index contributed by atoms with van der Waals surface area (Å²) in [6.07, 6.45) is 4.56. The van der Waals surface area contributed by atoms with Gasteiger partial charge in [0, 0.05) is 12.0 Å². The van der Waals surface area contributed by atoms with Crippen molar-refractivity contribution >= 4 is 0 Å². The van der Waals surface area contributed by atoms with Crippen molar-refractivity contribution in [3.05, 3.63) is 23.8 Å². The Bertz CT molecular complexity index is 457. The predicted molar refractivity (Wildman–Crippen MR) is 87.3 cm³/mol. The fourth-order valence-electron chi connectivity index (χ4n) is 2.77. The van der Waals surface area contributed by atoms with Crippen LogP contribution < -0.4 is 14.8 Å². The molecule has 0 radical (unpaired) electrons. The van der Waals surface area contributed by atoms with Gasteiger partial charge in [0.25, 0.3) is 0 Å². The number of rotatable bonds is 8. The van der Waals surface area contributed by atoms with Crippen LogP contribution in [0.1, 0.15) is 52.5 Å². The molecule has 3 nitrogen and oxygen atoms in total. The fourth-order valence-corrected chi connectivity index (χ4v) is 2.77.